The largest absolute Gasteiger partial charge is 0.493 e. The second kappa shape index (κ2) is 10.5. The fourth-order valence-corrected chi connectivity index (χ4v) is 8.41. The van der Waals surface area contributed by atoms with Gasteiger partial charge in [-0.25, -0.2) is 0 Å². The van der Waals surface area contributed by atoms with Gasteiger partial charge in [-0.05, 0) is 98.9 Å². The van der Waals surface area contributed by atoms with Gasteiger partial charge < -0.3 is 24.6 Å². The summed E-state index contributed by atoms with van der Waals surface area (Å²) in [5.74, 6) is 3.56. The maximum Gasteiger partial charge on any atom is 0.292 e. The number of nitrogens with zero attached hydrogens (tertiary/aromatic N) is 3. The molecule has 1 heterocycles. The van der Waals surface area contributed by atoms with Crippen LogP contribution in [0.4, 0.5) is 17.1 Å². The third-order valence-corrected chi connectivity index (χ3v) is 10.1. The summed E-state index contributed by atoms with van der Waals surface area (Å²) in [4.78, 5) is 28.9. The number of ether oxygens (including phenoxy) is 2. The topological polar surface area (TPSA) is 97.2 Å². The average Bonchev–Trinajstić information content (AvgIpc) is 2.95. The van der Waals surface area contributed by atoms with E-state index in [1.807, 2.05) is 17.0 Å². The van der Waals surface area contributed by atoms with E-state index in [9.17, 15) is 14.9 Å². The number of nitrogens with one attached hydrogen (secondary N) is 1. The van der Waals surface area contributed by atoms with Crippen molar-refractivity contribution in [3.8, 4) is 11.5 Å². The van der Waals surface area contributed by atoms with Gasteiger partial charge in [-0.1, -0.05) is 0 Å². The first-order valence-electron chi connectivity index (χ1n) is 14.6. The standard InChI is InChI=1S/C31H40N4O5/c1-20(31-17-21-12-22(18-31)14-23(13-21)19-31)32-26-16-25(5-6-27(26)35(37)38)33-8-10-34(11-9-33)30(36)24-4-7-28(39-2)29(15-24)40-3/h4-7,15-16,20-23,32H,8-14,17-19H2,1-3H3/t20-,21?,22?,23?,31?/m0/s1. The molecule has 0 aromatic heterocycles. The molecule has 5 fully saturated rings. The number of nitro benzene ring substituents is 1. The summed E-state index contributed by atoms with van der Waals surface area (Å²) in [5.41, 5.74) is 2.49. The molecule has 214 valence electrons. The van der Waals surface area contributed by atoms with Crippen molar-refractivity contribution < 1.29 is 19.2 Å². The lowest BCUT2D eigenvalue weighted by molar-refractivity contribution is -0.384. The quantitative estimate of drug-likeness (QED) is 0.339. The van der Waals surface area contributed by atoms with Gasteiger partial charge in [0.15, 0.2) is 11.5 Å². The highest BCUT2D eigenvalue weighted by Crippen LogP contribution is 2.61. The van der Waals surface area contributed by atoms with Crippen LogP contribution in [0.3, 0.4) is 0 Å². The lowest BCUT2D eigenvalue weighted by Gasteiger charge is -2.59. The van der Waals surface area contributed by atoms with Crippen molar-refractivity contribution in [2.75, 3.05) is 50.6 Å². The van der Waals surface area contributed by atoms with Gasteiger partial charge in [-0.3, -0.25) is 14.9 Å². The van der Waals surface area contributed by atoms with Crippen LogP contribution in [0.5, 0.6) is 11.5 Å². The first-order valence-corrected chi connectivity index (χ1v) is 14.6. The number of nitro groups is 1. The summed E-state index contributed by atoms with van der Waals surface area (Å²) in [6.07, 6.45) is 7.87. The Labute approximate surface area is 236 Å². The average molecular weight is 549 g/mol. The SMILES string of the molecule is COc1ccc(C(=O)N2CCN(c3ccc([N+](=O)[O-])c(N[C@@H](C)C45CC6CC(CC(C6)C4)C5)c3)CC2)cc1OC. The van der Waals surface area contributed by atoms with Crippen molar-refractivity contribution in [1.82, 2.24) is 4.90 Å². The number of methoxy groups -OCH3 is 2. The Balaban J connectivity index is 1.15. The van der Waals surface area contributed by atoms with E-state index in [1.54, 1.807) is 38.5 Å². The molecule has 1 atom stereocenters. The number of carbonyl (C=O) groups is 1. The second-order valence-corrected chi connectivity index (χ2v) is 12.5. The van der Waals surface area contributed by atoms with E-state index in [0.717, 1.165) is 23.4 Å². The van der Waals surface area contributed by atoms with Gasteiger partial charge in [-0.2, -0.15) is 0 Å². The summed E-state index contributed by atoms with van der Waals surface area (Å²) in [7, 11) is 3.13. The first kappa shape index (κ1) is 26.7. The van der Waals surface area contributed by atoms with E-state index < -0.39 is 0 Å². The van der Waals surface area contributed by atoms with Crippen LogP contribution in [0.1, 0.15) is 55.8 Å². The highest BCUT2D eigenvalue weighted by Gasteiger charge is 2.53. The smallest absolute Gasteiger partial charge is 0.292 e. The Bertz CT molecular complexity index is 1250. The zero-order valence-electron chi connectivity index (χ0n) is 23.7. The summed E-state index contributed by atoms with van der Waals surface area (Å²) in [5, 5.41) is 15.6. The Kier molecular flexibility index (Phi) is 7.00. The van der Waals surface area contributed by atoms with Crippen LogP contribution < -0.4 is 19.7 Å². The molecule has 4 aliphatic carbocycles. The lowest BCUT2D eigenvalue weighted by Crippen LogP contribution is -2.53. The number of benzene rings is 2. The van der Waals surface area contributed by atoms with E-state index in [4.69, 9.17) is 9.47 Å². The normalized spacial score (nSPS) is 27.8. The third kappa shape index (κ3) is 4.84. The summed E-state index contributed by atoms with van der Waals surface area (Å²) >= 11 is 0. The van der Waals surface area contributed by atoms with Crippen molar-refractivity contribution in [3.63, 3.8) is 0 Å². The molecule has 1 amide bonds. The van der Waals surface area contributed by atoms with E-state index in [2.05, 4.69) is 17.1 Å². The number of amides is 1. The van der Waals surface area contributed by atoms with Crippen molar-refractivity contribution in [1.29, 1.82) is 0 Å². The molecule has 2 aromatic rings. The van der Waals surface area contributed by atoms with Gasteiger partial charge in [0.25, 0.3) is 11.6 Å². The van der Waals surface area contributed by atoms with Crippen LogP contribution in [-0.4, -0.2) is 62.2 Å². The molecule has 1 N–H and O–H groups in total. The number of hydrogen-bond acceptors (Lipinski definition) is 7. The first-order chi connectivity index (χ1) is 19.3. The number of carbonyl (C=O) groups excluding carboxylic acids is 1. The van der Waals surface area contributed by atoms with Crippen LogP contribution in [0.2, 0.25) is 0 Å². The Hall–Kier alpha value is -3.49. The molecule has 9 heteroatoms. The van der Waals surface area contributed by atoms with Crippen molar-refractivity contribution in [2.45, 2.75) is 51.5 Å². The fourth-order valence-electron chi connectivity index (χ4n) is 8.41. The van der Waals surface area contributed by atoms with Gasteiger partial charge in [0.2, 0.25) is 0 Å². The van der Waals surface area contributed by atoms with E-state index in [1.165, 1.54) is 38.5 Å². The van der Waals surface area contributed by atoms with Crippen LogP contribution >= 0.6 is 0 Å². The molecule has 4 bridgehead atoms. The van der Waals surface area contributed by atoms with E-state index in [0.29, 0.717) is 48.9 Å². The van der Waals surface area contributed by atoms with Crippen molar-refractivity contribution >= 4 is 23.0 Å². The summed E-state index contributed by atoms with van der Waals surface area (Å²) < 4.78 is 10.7. The van der Waals surface area contributed by atoms with E-state index >= 15 is 0 Å². The fraction of sp³-hybridized carbons (Fsp3) is 0.581. The highest BCUT2D eigenvalue weighted by atomic mass is 16.6. The monoisotopic (exact) mass is 548 g/mol. The van der Waals surface area contributed by atoms with Crippen molar-refractivity contribution in [2.24, 2.45) is 23.2 Å². The van der Waals surface area contributed by atoms with E-state index in [-0.39, 0.29) is 28.0 Å². The Morgan fingerprint density at radius 2 is 1.57 bits per heavy atom. The molecule has 4 saturated carbocycles. The van der Waals surface area contributed by atoms with Gasteiger partial charge in [0.1, 0.15) is 5.69 Å². The predicted octanol–water partition coefficient (Wildman–Crippen LogP) is 5.59. The molecule has 0 radical (unpaired) electrons. The number of hydrogen-bond donors (Lipinski definition) is 1. The van der Waals surface area contributed by atoms with Crippen molar-refractivity contribution in [3.05, 3.63) is 52.1 Å². The highest BCUT2D eigenvalue weighted by molar-refractivity contribution is 5.95. The van der Waals surface area contributed by atoms with Crippen LogP contribution in [-0.2, 0) is 0 Å². The van der Waals surface area contributed by atoms with Gasteiger partial charge in [0.05, 0.1) is 19.1 Å². The molecule has 0 spiro atoms. The molecule has 40 heavy (non-hydrogen) atoms. The Morgan fingerprint density at radius 3 is 2.15 bits per heavy atom. The van der Waals surface area contributed by atoms with Gasteiger partial charge in [0, 0.05) is 49.5 Å². The third-order valence-electron chi connectivity index (χ3n) is 10.1. The summed E-state index contributed by atoms with van der Waals surface area (Å²) in [6, 6.07) is 10.8. The molecule has 2 aromatic carbocycles. The lowest BCUT2D eigenvalue weighted by atomic mass is 9.48. The van der Waals surface area contributed by atoms with Gasteiger partial charge >= 0.3 is 0 Å². The van der Waals surface area contributed by atoms with Crippen LogP contribution in [0.15, 0.2) is 36.4 Å². The van der Waals surface area contributed by atoms with Crippen LogP contribution in [0.25, 0.3) is 0 Å². The molecular weight excluding hydrogens is 508 g/mol. The molecule has 9 nitrogen and oxygen atoms in total. The molecule has 5 aliphatic rings. The minimum atomic E-state index is -0.280. The van der Waals surface area contributed by atoms with Crippen LogP contribution in [0, 0.1) is 33.3 Å². The molecular formula is C31H40N4O5. The maximum absolute atomic E-state index is 13.2. The number of rotatable bonds is 8. The minimum Gasteiger partial charge on any atom is -0.493 e. The molecule has 7 rings (SSSR count). The Morgan fingerprint density at radius 1 is 0.950 bits per heavy atom. The summed E-state index contributed by atoms with van der Waals surface area (Å²) in [6.45, 7) is 4.68. The molecule has 1 aliphatic heterocycles. The predicted molar refractivity (Wildman–Crippen MR) is 154 cm³/mol. The minimum absolute atomic E-state index is 0.0453. The van der Waals surface area contributed by atoms with Gasteiger partial charge in [-0.15, -0.1) is 0 Å². The zero-order chi connectivity index (χ0) is 28.0. The zero-order valence-corrected chi connectivity index (χ0v) is 23.7. The number of anilines is 2. The molecule has 1 saturated heterocycles. The maximum atomic E-state index is 13.2. The second-order valence-electron chi connectivity index (χ2n) is 12.5. The number of piperazine rings is 1. The molecule has 0 unspecified atom stereocenters.